The van der Waals surface area contributed by atoms with Crippen molar-refractivity contribution in [1.29, 1.82) is 0 Å². The lowest BCUT2D eigenvalue weighted by Crippen LogP contribution is -1.78. The summed E-state index contributed by atoms with van der Waals surface area (Å²) in [5.74, 6) is 0. The molecule has 0 aliphatic heterocycles. The Morgan fingerprint density at radius 2 is 1.69 bits per heavy atom. The van der Waals surface area contributed by atoms with Crippen LogP contribution in [0.5, 0.6) is 0 Å². The quantitative estimate of drug-likeness (QED) is 0.411. The zero-order valence-electron chi connectivity index (χ0n) is 9.11. The van der Waals surface area contributed by atoms with E-state index in [0.717, 1.165) is 0 Å². The zero-order chi connectivity index (χ0) is 9.94. The van der Waals surface area contributed by atoms with Crippen molar-refractivity contribution in [2.24, 2.45) is 0 Å². The predicted molar refractivity (Wildman–Crippen MR) is 70.4 cm³/mol. The SMILES string of the molecule is CCCC/C=C(/I)CCCCCC. The van der Waals surface area contributed by atoms with E-state index in [4.69, 9.17) is 0 Å². The Hall–Kier alpha value is 0.470. The van der Waals surface area contributed by atoms with Crippen LogP contribution in [0.3, 0.4) is 0 Å². The van der Waals surface area contributed by atoms with Crippen LogP contribution >= 0.6 is 22.6 Å². The van der Waals surface area contributed by atoms with Gasteiger partial charge in [0.2, 0.25) is 0 Å². The molecule has 0 aromatic carbocycles. The summed E-state index contributed by atoms with van der Waals surface area (Å²) in [6.45, 7) is 4.52. The molecule has 1 heteroatoms. The van der Waals surface area contributed by atoms with Gasteiger partial charge in [0.1, 0.15) is 0 Å². The van der Waals surface area contributed by atoms with Crippen molar-refractivity contribution in [3.63, 3.8) is 0 Å². The van der Waals surface area contributed by atoms with E-state index in [0.29, 0.717) is 0 Å². The Morgan fingerprint density at radius 1 is 1.00 bits per heavy atom. The van der Waals surface area contributed by atoms with Gasteiger partial charge in [0.15, 0.2) is 0 Å². The molecule has 0 heterocycles. The Bertz CT molecular complexity index is 127. The zero-order valence-corrected chi connectivity index (χ0v) is 11.3. The fourth-order valence-corrected chi connectivity index (χ4v) is 1.98. The van der Waals surface area contributed by atoms with Gasteiger partial charge in [-0.05, 0) is 45.4 Å². The highest BCUT2D eigenvalue weighted by Gasteiger charge is 1.92. The first-order valence-electron chi connectivity index (χ1n) is 5.65. The average molecular weight is 294 g/mol. The van der Waals surface area contributed by atoms with E-state index in [1.54, 1.807) is 3.58 Å². The highest BCUT2D eigenvalue weighted by Crippen LogP contribution is 2.17. The molecular weight excluding hydrogens is 271 g/mol. The maximum absolute atomic E-state index is 2.49. The molecule has 0 aliphatic rings. The molecule has 0 spiro atoms. The molecule has 0 atom stereocenters. The summed E-state index contributed by atoms with van der Waals surface area (Å²) >= 11 is 2.49. The van der Waals surface area contributed by atoms with Crippen LogP contribution < -0.4 is 0 Å². The normalized spacial score (nSPS) is 12.1. The molecule has 0 saturated heterocycles. The van der Waals surface area contributed by atoms with Crippen molar-refractivity contribution in [1.82, 2.24) is 0 Å². The number of hydrogen-bond donors (Lipinski definition) is 0. The van der Waals surface area contributed by atoms with Gasteiger partial charge in [-0.25, -0.2) is 0 Å². The molecule has 78 valence electrons. The summed E-state index contributed by atoms with van der Waals surface area (Å²) in [7, 11) is 0. The summed E-state index contributed by atoms with van der Waals surface area (Å²) < 4.78 is 1.57. The monoisotopic (exact) mass is 294 g/mol. The Kier molecular flexibility index (Phi) is 10.9. The van der Waals surface area contributed by atoms with Crippen LogP contribution in [-0.2, 0) is 0 Å². The van der Waals surface area contributed by atoms with Crippen molar-refractivity contribution in [2.45, 2.75) is 65.2 Å². The lowest BCUT2D eigenvalue weighted by molar-refractivity contribution is 0.672. The highest BCUT2D eigenvalue weighted by atomic mass is 127. The van der Waals surface area contributed by atoms with Gasteiger partial charge < -0.3 is 0 Å². The van der Waals surface area contributed by atoms with Gasteiger partial charge in [-0.3, -0.25) is 0 Å². The van der Waals surface area contributed by atoms with Crippen LogP contribution in [0.25, 0.3) is 0 Å². The van der Waals surface area contributed by atoms with Gasteiger partial charge in [0, 0.05) is 0 Å². The van der Waals surface area contributed by atoms with E-state index in [2.05, 4.69) is 42.5 Å². The third-order valence-electron chi connectivity index (χ3n) is 2.19. The number of halogens is 1. The number of hydrogen-bond acceptors (Lipinski definition) is 0. The summed E-state index contributed by atoms with van der Waals surface area (Å²) in [5, 5.41) is 0. The molecule has 13 heavy (non-hydrogen) atoms. The van der Waals surface area contributed by atoms with Crippen LogP contribution in [0, 0.1) is 0 Å². The average Bonchev–Trinajstić information content (AvgIpc) is 2.13. The molecular formula is C12H23I. The maximum Gasteiger partial charge on any atom is -0.0134 e. The molecule has 0 N–H and O–H groups in total. The molecule has 0 unspecified atom stereocenters. The molecule has 0 saturated carbocycles. The minimum absolute atomic E-state index is 1.28. The van der Waals surface area contributed by atoms with Gasteiger partial charge in [-0.1, -0.05) is 52.0 Å². The van der Waals surface area contributed by atoms with Crippen LogP contribution in [0.4, 0.5) is 0 Å². The molecule has 0 aromatic heterocycles. The van der Waals surface area contributed by atoms with Crippen molar-refractivity contribution in [2.75, 3.05) is 0 Å². The first-order valence-corrected chi connectivity index (χ1v) is 6.73. The van der Waals surface area contributed by atoms with E-state index >= 15 is 0 Å². The van der Waals surface area contributed by atoms with E-state index in [1.165, 1.54) is 51.4 Å². The van der Waals surface area contributed by atoms with Crippen molar-refractivity contribution >= 4 is 22.6 Å². The summed E-state index contributed by atoms with van der Waals surface area (Å²) in [6.07, 6.45) is 13.2. The lowest BCUT2D eigenvalue weighted by atomic mass is 10.1. The van der Waals surface area contributed by atoms with E-state index in [9.17, 15) is 0 Å². The second-order valence-corrected chi connectivity index (χ2v) is 4.99. The number of unbranched alkanes of at least 4 members (excludes halogenated alkanes) is 5. The Balaban J connectivity index is 3.27. The summed E-state index contributed by atoms with van der Waals surface area (Å²) in [6, 6.07) is 0. The number of allylic oxidation sites excluding steroid dienone is 2. The third-order valence-corrected chi connectivity index (χ3v) is 3.17. The highest BCUT2D eigenvalue weighted by molar-refractivity contribution is 14.1. The van der Waals surface area contributed by atoms with E-state index in [1.807, 2.05) is 0 Å². The van der Waals surface area contributed by atoms with Gasteiger partial charge in [0.05, 0.1) is 0 Å². The minimum atomic E-state index is 1.28. The number of rotatable bonds is 8. The standard InChI is InChI=1S/C12H23I/c1-3-5-7-9-11-12(13)10-8-6-4-2/h10H,3-9,11H2,1-2H3/b12-10+. The fourth-order valence-electron chi connectivity index (χ4n) is 1.29. The second kappa shape index (κ2) is 10.6. The first-order chi connectivity index (χ1) is 6.31. The van der Waals surface area contributed by atoms with Gasteiger partial charge in [0.25, 0.3) is 0 Å². The van der Waals surface area contributed by atoms with Crippen molar-refractivity contribution in [3.05, 3.63) is 9.66 Å². The van der Waals surface area contributed by atoms with Crippen LogP contribution in [0.1, 0.15) is 65.2 Å². The molecule has 0 nitrogen and oxygen atoms in total. The topological polar surface area (TPSA) is 0 Å². The maximum atomic E-state index is 2.49. The predicted octanol–water partition coefficient (Wildman–Crippen LogP) is 5.47. The van der Waals surface area contributed by atoms with E-state index < -0.39 is 0 Å². The summed E-state index contributed by atoms with van der Waals surface area (Å²) in [4.78, 5) is 0. The Labute approximate surface area is 97.3 Å². The van der Waals surface area contributed by atoms with Crippen molar-refractivity contribution < 1.29 is 0 Å². The lowest BCUT2D eigenvalue weighted by Gasteiger charge is -1.99. The fraction of sp³-hybridized carbons (Fsp3) is 0.833. The Morgan fingerprint density at radius 3 is 2.31 bits per heavy atom. The largest absolute Gasteiger partial charge is 0.0752 e. The van der Waals surface area contributed by atoms with Crippen LogP contribution in [-0.4, -0.2) is 0 Å². The smallest absolute Gasteiger partial charge is 0.0134 e. The molecule has 0 amide bonds. The molecule has 0 bridgehead atoms. The van der Waals surface area contributed by atoms with E-state index in [-0.39, 0.29) is 0 Å². The second-order valence-electron chi connectivity index (χ2n) is 3.60. The molecule has 0 fully saturated rings. The molecule has 0 aliphatic carbocycles. The van der Waals surface area contributed by atoms with Gasteiger partial charge >= 0.3 is 0 Å². The third kappa shape index (κ3) is 10.4. The summed E-state index contributed by atoms with van der Waals surface area (Å²) in [5.41, 5.74) is 0. The van der Waals surface area contributed by atoms with Gasteiger partial charge in [-0.15, -0.1) is 0 Å². The molecule has 0 rings (SSSR count). The van der Waals surface area contributed by atoms with Gasteiger partial charge in [-0.2, -0.15) is 0 Å². The van der Waals surface area contributed by atoms with Crippen molar-refractivity contribution in [3.8, 4) is 0 Å². The van der Waals surface area contributed by atoms with Crippen LogP contribution in [0.15, 0.2) is 9.66 Å². The molecule has 0 aromatic rings. The first kappa shape index (κ1) is 13.5. The minimum Gasteiger partial charge on any atom is -0.0752 e. The molecule has 0 radical (unpaired) electrons. The van der Waals surface area contributed by atoms with Crippen LogP contribution in [0.2, 0.25) is 0 Å².